The van der Waals surface area contributed by atoms with Gasteiger partial charge >= 0.3 is 0 Å². The number of carbonyl (C=O) groups is 1. The number of benzene rings is 2. The standard InChI is InChI=1S/C26H30N2O4S2/c1-20(17-23-11-8-16-33-23)28(19-22-9-6-5-7-10-22)26(29)15-13-21-12-14-24(32-4)25(18-21)34(30,31)27(2)3/h5-16,18,20H,17,19H2,1-4H3. The number of sulfonamides is 1. The topological polar surface area (TPSA) is 66.9 Å². The third kappa shape index (κ3) is 6.34. The van der Waals surface area contributed by atoms with Crippen molar-refractivity contribution in [3.8, 4) is 5.75 Å². The zero-order chi connectivity index (χ0) is 24.7. The zero-order valence-corrected chi connectivity index (χ0v) is 21.5. The Morgan fingerprint density at radius 2 is 1.82 bits per heavy atom. The van der Waals surface area contributed by atoms with E-state index in [1.165, 1.54) is 38.2 Å². The second kappa shape index (κ2) is 11.5. The lowest BCUT2D eigenvalue weighted by molar-refractivity contribution is -0.128. The van der Waals surface area contributed by atoms with Gasteiger partial charge in [0.15, 0.2) is 0 Å². The van der Waals surface area contributed by atoms with E-state index in [1.807, 2.05) is 53.6 Å². The fourth-order valence-electron chi connectivity index (χ4n) is 3.52. The van der Waals surface area contributed by atoms with Crippen molar-refractivity contribution in [1.29, 1.82) is 0 Å². The van der Waals surface area contributed by atoms with E-state index in [1.54, 1.807) is 29.5 Å². The van der Waals surface area contributed by atoms with Crippen LogP contribution in [0.25, 0.3) is 6.08 Å². The summed E-state index contributed by atoms with van der Waals surface area (Å²) in [5.41, 5.74) is 1.64. The first-order valence-corrected chi connectivity index (χ1v) is 13.2. The van der Waals surface area contributed by atoms with Crippen molar-refractivity contribution in [1.82, 2.24) is 9.21 Å². The van der Waals surface area contributed by atoms with Crippen LogP contribution in [0.4, 0.5) is 0 Å². The van der Waals surface area contributed by atoms with Crippen LogP contribution in [0.2, 0.25) is 0 Å². The van der Waals surface area contributed by atoms with Gasteiger partial charge in [0.2, 0.25) is 15.9 Å². The van der Waals surface area contributed by atoms with Gasteiger partial charge in [-0.2, -0.15) is 0 Å². The van der Waals surface area contributed by atoms with Crippen molar-refractivity contribution in [2.75, 3.05) is 21.2 Å². The number of hydrogen-bond acceptors (Lipinski definition) is 5. The Balaban J connectivity index is 1.87. The molecule has 180 valence electrons. The van der Waals surface area contributed by atoms with Gasteiger partial charge in [0.1, 0.15) is 10.6 Å². The first kappa shape index (κ1) is 25.7. The smallest absolute Gasteiger partial charge is 0.247 e. The number of nitrogens with zero attached hydrogens (tertiary/aromatic N) is 2. The molecule has 1 atom stereocenters. The van der Waals surface area contributed by atoms with E-state index in [0.717, 1.165) is 16.3 Å². The van der Waals surface area contributed by atoms with E-state index in [9.17, 15) is 13.2 Å². The van der Waals surface area contributed by atoms with Crippen molar-refractivity contribution in [3.05, 3.63) is 88.1 Å². The molecule has 3 rings (SSSR count). The molecule has 3 aromatic rings. The highest BCUT2D eigenvalue weighted by atomic mass is 32.2. The molecule has 6 nitrogen and oxygen atoms in total. The first-order chi connectivity index (χ1) is 16.2. The Morgan fingerprint density at radius 1 is 1.09 bits per heavy atom. The Morgan fingerprint density at radius 3 is 2.44 bits per heavy atom. The lowest BCUT2D eigenvalue weighted by Gasteiger charge is -2.28. The van der Waals surface area contributed by atoms with Crippen LogP contribution in [-0.2, 0) is 27.8 Å². The minimum atomic E-state index is -3.70. The Kier molecular flexibility index (Phi) is 8.66. The third-order valence-electron chi connectivity index (χ3n) is 5.45. The monoisotopic (exact) mass is 498 g/mol. The van der Waals surface area contributed by atoms with Crippen LogP contribution >= 0.6 is 11.3 Å². The average Bonchev–Trinajstić information content (AvgIpc) is 3.34. The second-order valence-electron chi connectivity index (χ2n) is 8.12. The Labute approximate surface area is 206 Å². The average molecular weight is 499 g/mol. The van der Waals surface area contributed by atoms with Crippen molar-refractivity contribution >= 4 is 33.3 Å². The molecule has 1 heterocycles. The number of methoxy groups -OCH3 is 1. The molecule has 2 aromatic carbocycles. The van der Waals surface area contributed by atoms with E-state index in [-0.39, 0.29) is 22.6 Å². The molecule has 34 heavy (non-hydrogen) atoms. The van der Waals surface area contributed by atoms with Gasteiger partial charge < -0.3 is 9.64 Å². The van der Waals surface area contributed by atoms with Gasteiger partial charge in [0, 0.05) is 44.1 Å². The summed E-state index contributed by atoms with van der Waals surface area (Å²) in [7, 11) is 0.669. The van der Waals surface area contributed by atoms with Crippen LogP contribution in [0.5, 0.6) is 5.75 Å². The van der Waals surface area contributed by atoms with Crippen LogP contribution < -0.4 is 4.74 Å². The molecule has 1 unspecified atom stereocenters. The number of carbonyl (C=O) groups excluding carboxylic acids is 1. The fraction of sp³-hybridized carbons (Fsp3) is 0.269. The summed E-state index contributed by atoms with van der Waals surface area (Å²) in [4.78, 5) is 16.4. The number of rotatable bonds is 10. The molecule has 0 fully saturated rings. The fourth-order valence-corrected chi connectivity index (χ4v) is 5.43. The van der Waals surface area contributed by atoms with Crippen molar-refractivity contribution < 1.29 is 17.9 Å². The summed E-state index contributed by atoms with van der Waals surface area (Å²) in [6, 6.07) is 18.8. The normalized spacial score (nSPS) is 12.7. The predicted octanol–water partition coefficient (Wildman–Crippen LogP) is 4.68. The summed E-state index contributed by atoms with van der Waals surface area (Å²) in [6.45, 7) is 2.53. The predicted molar refractivity (Wildman–Crippen MR) is 137 cm³/mol. The lowest BCUT2D eigenvalue weighted by atomic mass is 10.1. The number of hydrogen-bond donors (Lipinski definition) is 0. The van der Waals surface area contributed by atoms with Gasteiger partial charge in [-0.3, -0.25) is 4.79 Å². The number of ether oxygens (including phenoxy) is 1. The molecule has 0 aliphatic rings. The van der Waals surface area contributed by atoms with Gasteiger partial charge in [-0.1, -0.05) is 42.5 Å². The van der Waals surface area contributed by atoms with Crippen molar-refractivity contribution in [2.45, 2.75) is 30.8 Å². The summed E-state index contributed by atoms with van der Waals surface area (Å²) in [5, 5.41) is 2.04. The van der Waals surface area contributed by atoms with Gasteiger partial charge in [-0.05, 0) is 47.7 Å². The summed E-state index contributed by atoms with van der Waals surface area (Å²) in [5.74, 6) is 0.119. The maximum atomic E-state index is 13.3. The van der Waals surface area contributed by atoms with E-state index in [0.29, 0.717) is 12.1 Å². The van der Waals surface area contributed by atoms with Crippen LogP contribution in [-0.4, -0.2) is 50.8 Å². The highest BCUT2D eigenvalue weighted by Crippen LogP contribution is 2.27. The summed E-state index contributed by atoms with van der Waals surface area (Å²) < 4.78 is 31.8. The van der Waals surface area contributed by atoms with Crippen LogP contribution in [0.3, 0.4) is 0 Å². The molecule has 0 saturated heterocycles. The zero-order valence-electron chi connectivity index (χ0n) is 19.8. The van der Waals surface area contributed by atoms with Crippen molar-refractivity contribution in [3.63, 3.8) is 0 Å². The molecule has 0 N–H and O–H groups in total. The van der Waals surface area contributed by atoms with E-state index >= 15 is 0 Å². The number of thiophene rings is 1. The molecule has 0 aliphatic carbocycles. The van der Waals surface area contributed by atoms with Gasteiger partial charge in [0.05, 0.1) is 7.11 Å². The Hall–Kier alpha value is -2.94. The molecule has 0 aliphatic heterocycles. The SMILES string of the molecule is COc1ccc(C=CC(=O)N(Cc2ccccc2)C(C)Cc2cccs2)cc1S(=O)(=O)N(C)C. The highest BCUT2D eigenvalue weighted by Gasteiger charge is 2.23. The van der Waals surface area contributed by atoms with E-state index in [4.69, 9.17) is 4.74 Å². The third-order valence-corrected chi connectivity index (χ3v) is 8.19. The van der Waals surface area contributed by atoms with Gasteiger partial charge in [-0.25, -0.2) is 12.7 Å². The Bertz CT molecular complexity index is 1220. The minimum Gasteiger partial charge on any atom is -0.495 e. The molecule has 8 heteroatoms. The molecule has 1 amide bonds. The van der Waals surface area contributed by atoms with E-state index < -0.39 is 10.0 Å². The minimum absolute atomic E-state index is 0.0171. The molecular weight excluding hydrogens is 468 g/mol. The molecular formula is C26H30N2O4S2. The maximum Gasteiger partial charge on any atom is 0.247 e. The van der Waals surface area contributed by atoms with Crippen molar-refractivity contribution in [2.24, 2.45) is 0 Å². The van der Waals surface area contributed by atoms with Crippen LogP contribution in [0, 0.1) is 0 Å². The largest absolute Gasteiger partial charge is 0.495 e. The van der Waals surface area contributed by atoms with Gasteiger partial charge in [0.25, 0.3) is 0 Å². The lowest BCUT2D eigenvalue weighted by Crippen LogP contribution is -2.38. The maximum absolute atomic E-state index is 13.3. The van der Waals surface area contributed by atoms with Crippen LogP contribution in [0.15, 0.2) is 77.0 Å². The molecule has 0 bridgehead atoms. The quantitative estimate of drug-likeness (QED) is 0.381. The summed E-state index contributed by atoms with van der Waals surface area (Å²) >= 11 is 1.68. The first-order valence-electron chi connectivity index (χ1n) is 10.9. The molecule has 1 aromatic heterocycles. The molecule has 0 saturated carbocycles. The van der Waals surface area contributed by atoms with Gasteiger partial charge in [-0.15, -0.1) is 11.3 Å². The number of amides is 1. The second-order valence-corrected chi connectivity index (χ2v) is 11.3. The van der Waals surface area contributed by atoms with E-state index in [2.05, 4.69) is 6.07 Å². The highest BCUT2D eigenvalue weighted by molar-refractivity contribution is 7.89. The molecule has 0 radical (unpaired) electrons. The van der Waals surface area contributed by atoms with Crippen LogP contribution in [0.1, 0.15) is 22.9 Å². The molecule has 0 spiro atoms. The summed E-state index contributed by atoms with van der Waals surface area (Å²) in [6.07, 6.45) is 3.91.